The lowest BCUT2D eigenvalue weighted by Crippen LogP contribution is -2.32. The van der Waals surface area contributed by atoms with Crippen molar-refractivity contribution in [1.29, 1.82) is 0 Å². The lowest BCUT2D eigenvalue weighted by Gasteiger charge is -2.17. The van der Waals surface area contributed by atoms with Crippen molar-refractivity contribution in [3.63, 3.8) is 0 Å². The molecule has 0 bridgehead atoms. The summed E-state index contributed by atoms with van der Waals surface area (Å²) in [6, 6.07) is 13.8. The Morgan fingerprint density at radius 2 is 1.74 bits per heavy atom. The maximum Gasteiger partial charge on any atom is 0.411 e. The molecule has 0 saturated carbocycles. The molecule has 2 aromatic rings. The van der Waals surface area contributed by atoms with Crippen molar-refractivity contribution in [2.24, 2.45) is 5.92 Å². The molecule has 0 aliphatic carbocycles. The number of ether oxygens (including phenoxy) is 2. The number of nitrogens with zero attached hydrogens (tertiary/aromatic N) is 1. The van der Waals surface area contributed by atoms with Crippen LogP contribution in [0.2, 0.25) is 0 Å². The second-order valence-corrected chi connectivity index (χ2v) is 7.25. The molecule has 1 heterocycles. The van der Waals surface area contributed by atoms with Gasteiger partial charge in [0.2, 0.25) is 11.8 Å². The molecule has 1 aliphatic rings. The summed E-state index contributed by atoms with van der Waals surface area (Å²) in [6.45, 7) is -0.877. The molecule has 0 spiro atoms. The number of carbonyl (C=O) groups excluding carboxylic acids is 2. The van der Waals surface area contributed by atoms with E-state index in [4.69, 9.17) is 4.74 Å². The molecule has 31 heavy (non-hydrogen) atoms. The maximum absolute atomic E-state index is 12.5. The quantitative estimate of drug-likeness (QED) is 0.689. The molecule has 1 atom stereocenters. The number of methoxy groups -OCH3 is 1. The number of halogens is 3. The molecule has 9 heteroatoms. The fraction of sp³-hybridized carbons (Fsp3) is 0.364. The van der Waals surface area contributed by atoms with Gasteiger partial charge in [0, 0.05) is 25.2 Å². The molecule has 1 aliphatic heterocycles. The van der Waals surface area contributed by atoms with Crippen molar-refractivity contribution in [2.75, 3.05) is 25.2 Å². The van der Waals surface area contributed by atoms with Crippen LogP contribution in [0.5, 0.6) is 5.75 Å². The number of anilines is 1. The summed E-state index contributed by atoms with van der Waals surface area (Å²) in [5.41, 5.74) is 2.12. The lowest BCUT2D eigenvalue weighted by molar-refractivity contribution is -0.176. The Morgan fingerprint density at radius 3 is 2.35 bits per heavy atom. The van der Waals surface area contributed by atoms with Crippen LogP contribution in [0.25, 0.3) is 0 Å². The Balaban J connectivity index is 1.47. The Hall–Kier alpha value is -3.07. The predicted molar refractivity (Wildman–Crippen MR) is 107 cm³/mol. The van der Waals surface area contributed by atoms with Gasteiger partial charge in [0.15, 0.2) is 0 Å². The summed E-state index contributed by atoms with van der Waals surface area (Å²) in [4.78, 5) is 26.4. The minimum Gasteiger partial charge on any atom is -0.497 e. The summed E-state index contributed by atoms with van der Waals surface area (Å²) in [6.07, 6.45) is -4.22. The Morgan fingerprint density at radius 1 is 1.10 bits per heavy atom. The van der Waals surface area contributed by atoms with Crippen molar-refractivity contribution in [2.45, 2.75) is 25.7 Å². The van der Waals surface area contributed by atoms with Crippen molar-refractivity contribution in [3.05, 3.63) is 59.7 Å². The van der Waals surface area contributed by atoms with E-state index in [9.17, 15) is 22.8 Å². The van der Waals surface area contributed by atoms with Crippen molar-refractivity contribution in [3.8, 4) is 5.75 Å². The van der Waals surface area contributed by atoms with E-state index in [-0.39, 0.29) is 31.4 Å². The van der Waals surface area contributed by atoms with Gasteiger partial charge >= 0.3 is 6.18 Å². The van der Waals surface area contributed by atoms with E-state index in [2.05, 4.69) is 10.1 Å². The zero-order valence-electron chi connectivity index (χ0n) is 16.9. The van der Waals surface area contributed by atoms with Gasteiger partial charge < -0.3 is 19.7 Å². The highest BCUT2D eigenvalue weighted by molar-refractivity contribution is 6.00. The Labute approximate surface area is 177 Å². The first kappa shape index (κ1) is 22.6. The molecule has 2 aromatic carbocycles. The van der Waals surface area contributed by atoms with Crippen LogP contribution in [0.15, 0.2) is 48.5 Å². The van der Waals surface area contributed by atoms with Crippen LogP contribution >= 0.6 is 0 Å². The minimum absolute atomic E-state index is 0.117. The lowest BCUT2D eigenvalue weighted by atomic mass is 10.1. The van der Waals surface area contributed by atoms with Gasteiger partial charge in [-0.3, -0.25) is 9.59 Å². The van der Waals surface area contributed by atoms with Gasteiger partial charge in [0.25, 0.3) is 0 Å². The predicted octanol–water partition coefficient (Wildman–Crippen LogP) is 3.44. The molecule has 166 valence electrons. The summed E-state index contributed by atoms with van der Waals surface area (Å²) >= 11 is 0. The minimum atomic E-state index is -4.35. The van der Waals surface area contributed by atoms with Gasteiger partial charge in [0.1, 0.15) is 12.4 Å². The van der Waals surface area contributed by atoms with Crippen molar-refractivity contribution >= 4 is 17.5 Å². The van der Waals surface area contributed by atoms with Crippen molar-refractivity contribution in [1.82, 2.24) is 5.32 Å². The molecule has 3 rings (SSSR count). The standard InChI is InChI=1S/C22H23F3N2O4/c1-30-19-8-6-18(7-9-19)27-12-17(10-20(27)28)21(29)26-11-15-2-4-16(5-3-15)13-31-14-22(23,24)25/h2-9,17H,10-14H2,1H3,(H,26,29). The van der Waals surface area contributed by atoms with E-state index in [1.165, 1.54) is 0 Å². The molecular weight excluding hydrogens is 413 g/mol. The molecule has 2 amide bonds. The SMILES string of the molecule is COc1ccc(N2CC(C(=O)NCc3ccc(COCC(F)(F)F)cc3)CC2=O)cc1. The molecule has 1 N–H and O–H groups in total. The summed E-state index contributed by atoms with van der Waals surface area (Å²) in [5.74, 6) is -0.109. The van der Waals surface area contributed by atoms with Crippen LogP contribution in [0.4, 0.5) is 18.9 Å². The summed E-state index contributed by atoms with van der Waals surface area (Å²) in [7, 11) is 1.56. The van der Waals surface area contributed by atoms with Crippen LogP contribution < -0.4 is 15.0 Å². The van der Waals surface area contributed by atoms with Gasteiger partial charge in [-0.05, 0) is 35.4 Å². The third-order valence-corrected chi connectivity index (χ3v) is 4.90. The Kier molecular flexibility index (Phi) is 7.17. The highest BCUT2D eigenvalue weighted by atomic mass is 19.4. The van der Waals surface area contributed by atoms with Crippen LogP contribution in [0.1, 0.15) is 17.5 Å². The zero-order chi connectivity index (χ0) is 22.4. The zero-order valence-corrected chi connectivity index (χ0v) is 16.9. The van der Waals surface area contributed by atoms with Crippen LogP contribution in [-0.2, 0) is 27.5 Å². The van der Waals surface area contributed by atoms with Gasteiger partial charge in [-0.2, -0.15) is 13.2 Å². The first-order valence-corrected chi connectivity index (χ1v) is 9.69. The van der Waals surface area contributed by atoms with Crippen LogP contribution in [0, 0.1) is 5.92 Å². The average Bonchev–Trinajstić information content (AvgIpc) is 3.14. The molecule has 0 radical (unpaired) electrons. The van der Waals surface area contributed by atoms with Crippen LogP contribution in [0.3, 0.4) is 0 Å². The molecular formula is C22H23F3N2O4. The smallest absolute Gasteiger partial charge is 0.411 e. The normalized spacial score (nSPS) is 16.5. The highest BCUT2D eigenvalue weighted by Gasteiger charge is 2.35. The molecule has 1 saturated heterocycles. The van der Waals surface area contributed by atoms with Gasteiger partial charge in [-0.15, -0.1) is 0 Å². The van der Waals surface area contributed by atoms with Gasteiger partial charge in [-0.1, -0.05) is 24.3 Å². The number of alkyl halides is 3. The maximum atomic E-state index is 12.5. The number of benzene rings is 2. The van der Waals surface area contributed by atoms with E-state index in [0.29, 0.717) is 23.5 Å². The monoisotopic (exact) mass is 436 g/mol. The van der Waals surface area contributed by atoms with E-state index >= 15 is 0 Å². The van der Waals surface area contributed by atoms with Crippen LogP contribution in [-0.4, -0.2) is 38.3 Å². The van der Waals surface area contributed by atoms with Gasteiger partial charge in [0.05, 0.1) is 19.6 Å². The highest BCUT2D eigenvalue weighted by Crippen LogP contribution is 2.27. The number of amides is 2. The first-order chi connectivity index (χ1) is 14.7. The number of hydrogen-bond acceptors (Lipinski definition) is 4. The second kappa shape index (κ2) is 9.82. The molecule has 1 unspecified atom stereocenters. The number of rotatable bonds is 8. The van der Waals surface area contributed by atoms with E-state index in [0.717, 1.165) is 5.56 Å². The Bertz CT molecular complexity index is 898. The fourth-order valence-electron chi connectivity index (χ4n) is 3.27. The third-order valence-electron chi connectivity index (χ3n) is 4.90. The van der Waals surface area contributed by atoms with E-state index < -0.39 is 18.7 Å². The topological polar surface area (TPSA) is 67.9 Å². The summed E-state index contributed by atoms with van der Waals surface area (Å²) in [5, 5.41) is 2.82. The first-order valence-electron chi connectivity index (χ1n) is 9.69. The number of hydrogen-bond donors (Lipinski definition) is 1. The van der Waals surface area contributed by atoms with E-state index in [1.54, 1.807) is 60.5 Å². The van der Waals surface area contributed by atoms with E-state index in [1.807, 2.05) is 0 Å². The third kappa shape index (κ3) is 6.45. The number of carbonyl (C=O) groups is 2. The second-order valence-electron chi connectivity index (χ2n) is 7.25. The van der Waals surface area contributed by atoms with Gasteiger partial charge in [-0.25, -0.2) is 0 Å². The van der Waals surface area contributed by atoms with Crippen molar-refractivity contribution < 1.29 is 32.2 Å². The molecule has 0 aromatic heterocycles. The largest absolute Gasteiger partial charge is 0.497 e. The number of nitrogens with one attached hydrogen (secondary N) is 1. The summed E-state index contributed by atoms with van der Waals surface area (Å²) < 4.78 is 46.1. The fourth-order valence-corrected chi connectivity index (χ4v) is 3.27. The average molecular weight is 436 g/mol. The molecule has 6 nitrogen and oxygen atoms in total. The molecule has 1 fully saturated rings.